The Balaban J connectivity index is 1.48. The van der Waals surface area contributed by atoms with E-state index in [0.29, 0.717) is 29.7 Å². The van der Waals surface area contributed by atoms with Crippen molar-refractivity contribution in [3.8, 4) is 11.5 Å². The Labute approximate surface area is 186 Å². The van der Waals surface area contributed by atoms with Crippen LogP contribution < -0.4 is 20.1 Å². The first-order chi connectivity index (χ1) is 15.0. The molecule has 0 saturated heterocycles. The third-order valence-electron chi connectivity index (χ3n) is 4.64. The van der Waals surface area contributed by atoms with Crippen LogP contribution in [0, 0.1) is 0 Å². The van der Waals surface area contributed by atoms with Crippen LogP contribution in [0.4, 0.5) is 11.6 Å². The normalized spacial score (nSPS) is 15.0. The van der Waals surface area contributed by atoms with Gasteiger partial charge in [-0.1, -0.05) is 22.0 Å². The quantitative estimate of drug-likeness (QED) is 0.530. The molecule has 2 heterocycles. The predicted molar refractivity (Wildman–Crippen MR) is 117 cm³/mol. The fourth-order valence-electron chi connectivity index (χ4n) is 3.26. The first-order valence-corrected chi connectivity index (χ1v) is 10.5. The minimum Gasteiger partial charge on any atom is -0.490 e. The molecule has 2 amide bonds. The lowest BCUT2D eigenvalue weighted by atomic mass is 10.0. The highest BCUT2D eigenvalue weighted by molar-refractivity contribution is 9.10. The lowest BCUT2D eigenvalue weighted by Crippen LogP contribution is -2.29. The third kappa shape index (κ3) is 4.85. The summed E-state index contributed by atoms with van der Waals surface area (Å²) in [7, 11) is 0. The fraction of sp³-hybridized carbons (Fsp3) is 0.238. The maximum Gasteiger partial charge on any atom is 0.262 e. The zero-order valence-corrected chi connectivity index (χ0v) is 18.3. The molecule has 9 nitrogen and oxygen atoms in total. The van der Waals surface area contributed by atoms with Crippen LogP contribution >= 0.6 is 15.9 Å². The van der Waals surface area contributed by atoms with E-state index in [4.69, 9.17) is 9.47 Å². The van der Waals surface area contributed by atoms with Gasteiger partial charge < -0.3 is 14.8 Å². The van der Waals surface area contributed by atoms with Gasteiger partial charge in [-0.3, -0.25) is 14.9 Å². The van der Waals surface area contributed by atoms with Gasteiger partial charge in [-0.15, -0.1) is 0 Å². The minimum atomic E-state index is -0.305. The van der Waals surface area contributed by atoms with Crippen molar-refractivity contribution in [1.29, 1.82) is 0 Å². The number of nitrogens with zero attached hydrogens (tertiary/aromatic N) is 3. The smallest absolute Gasteiger partial charge is 0.262 e. The number of halogens is 1. The van der Waals surface area contributed by atoms with Crippen LogP contribution in [0.3, 0.4) is 0 Å². The number of fused-ring (bicyclic) bond motifs is 1. The van der Waals surface area contributed by atoms with Gasteiger partial charge in [0.15, 0.2) is 18.1 Å². The molecule has 0 saturated carbocycles. The predicted octanol–water partition coefficient (Wildman–Crippen LogP) is 3.39. The summed E-state index contributed by atoms with van der Waals surface area (Å²) < 4.78 is 14.0. The Bertz CT molecular complexity index is 1100. The monoisotopic (exact) mass is 485 g/mol. The van der Waals surface area contributed by atoms with Crippen LogP contribution in [0.25, 0.3) is 0 Å². The van der Waals surface area contributed by atoms with Gasteiger partial charge in [0.2, 0.25) is 11.9 Å². The molecule has 0 fully saturated rings. The second-order valence-corrected chi connectivity index (χ2v) is 7.69. The summed E-state index contributed by atoms with van der Waals surface area (Å²) in [6, 6.07) is 12.3. The number of carbonyl (C=O) groups is 2. The van der Waals surface area contributed by atoms with E-state index in [1.54, 1.807) is 28.9 Å². The molecular weight excluding hydrogens is 466 g/mol. The first-order valence-electron chi connectivity index (χ1n) is 9.68. The Kier molecular flexibility index (Phi) is 6.17. The summed E-state index contributed by atoms with van der Waals surface area (Å²) in [5.74, 6) is 0.919. The molecule has 0 unspecified atom stereocenters. The summed E-state index contributed by atoms with van der Waals surface area (Å²) in [5, 5.41) is 9.69. The number of hydrogen-bond donors (Lipinski definition) is 2. The van der Waals surface area contributed by atoms with E-state index >= 15 is 0 Å². The van der Waals surface area contributed by atoms with Gasteiger partial charge in [0.1, 0.15) is 6.33 Å². The summed E-state index contributed by atoms with van der Waals surface area (Å²) in [5.41, 5.74) is 1.51. The standard InChI is InChI=1S/C21H20BrN5O4/c1-2-30-18-9-13(16-10-19(28)26-21-23-12-24-27(16)21)3-8-17(18)31-11-20(29)25-15-6-4-14(22)5-7-15/h3-9,12,16H,2,10-11H2,1H3,(H,25,29)(H,23,24,26,28)/t16-/m1/s1. The second kappa shape index (κ2) is 9.17. The molecule has 10 heteroatoms. The highest BCUT2D eigenvalue weighted by Crippen LogP contribution is 2.35. The number of amides is 2. The van der Waals surface area contributed by atoms with Crippen LogP contribution in [0.2, 0.25) is 0 Å². The summed E-state index contributed by atoms with van der Waals surface area (Å²) in [6.07, 6.45) is 1.64. The molecule has 0 spiro atoms. The summed E-state index contributed by atoms with van der Waals surface area (Å²) >= 11 is 3.36. The van der Waals surface area contributed by atoms with Crippen molar-refractivity contribution in [2.45, 2.75) is 19.4 Å². The van der Waals surface area contributed by atoms with Gasteiger partial charge in [-0.25, -0.2) is 4.68 Å². The molecule has 1 aliphatic rings. The van der Waals surface area contributed by atoms with E-state index in [1.165, 1.54) is 6.33 Å². The zero-order valence-electron chi connectivity index (χ0n) is 16.7. The number of benzene rings is 2. The molecule has 2 N–H and O–H groups in total. The number of carbonyl (C=O) groups excluding carboxylic acids is 2. The zero-order chi connectivity index (χ0) is 21.8. The van der Waals surface area contributed by atoms with E-state index < -0.39 is 0 Å². The van der Waals surface area contributed by atoms with Crippen molar-refractivity contribution in [2.75, 3.05) is 23.8 Å². The van der Waals surface area contributed by atoms with Gasteiger partial charge in [-0.2, -0.15) is 10.1 Å². The van der Waals surface area contributed by atoms with Crippen LogP contribution in [0.1, 0.15) is 24.9 Å². The average Bonchev–Trinajstić information content (AvgIpc) is 3.22. The molecule has 0 bridgehead atoms. The van der Waals surface area contributed by atoms with Gasteiger partial charge in [-0.05, 0) is 48.9 Å². The highest BCUT2D eigenvalue weighted by Gasteiger charge is 2.28. The van der Waals surface area contributed by atoms with E-state index in [1.807, 2.05) is 25.1 Å². The van der Waals surface area contributed by atoms with Crippen molar-refractivity contribution < 1.29 is 19.1 Å². The third-order valence-corrected chi connectivity index (χ3v) is 5.17. The second-order valence-electron chi connectivity index (χ2n) is 6.78. The van der Waals surface area contributed by atoms with E-state index in [-0.39, 0.29) is 30.9 Å². The number of ether oxygens (including phenoxy) is 2. The highest BCUT2D eigenvalue weighted by atomic mass is 79.9. The minimum absolute atomic E-state index is 0.131. The van der Waals surface area contributed by atoms with E-state index in [0.717, 1.165) is 10.0 Å². The summed E-state index contributed by atoms with van der Waals surface area (Å²) in [4.78, 5) is 28.3. The SMILES string of the molecule is CCOc1cc([C@H]2CC(=O)Nc3ncnn32)ccc1OCC(=O)Nc1ccc(Br)cc1. The van der Waals surface area contributed by atoms with Crippen LogP contribution in [0.5, 0.6) is 11.5 Å². The van der Waals surface area contributed by atoms with Gasteiger partial charge >= 0.3 is 0 Å². The van der Waals surface area contributed by atoms with Crippen molar-refractivity contribution in [2.24, 2.45) is 0 Å². The number of hydrogen-bond acceptors (Lipinski definition) is 6. The maximum absolute atomic E-state index is 12.2. The van der Waals surface area contributed by atoms with E-state index in [9.17, 15) is 9.59 Å². The number of rotatable bonds is 7. The van der Waals surface area contributed by atoms with E-state index in [2.05, 4.69) is 36.6 Å². The Morgan fingerprint density at radius 2 is 2.03 bits per heavy atom. The average molecular weight is 486 g/mol. The molecule has 0 radical (unpaired) electrons. The molecular formula is C21H20BrN5O4. The largest absolute Gasteiger partial charge is 0.490 e. The Morgan fingerprint density at radius 3 is 2.81 bits per heavy atom. The van der Waals surface area contributed by atoms with Gasteiger partial charge in [0.25, 0.3) is 5.91 Å². The van der Waals surface area contributed by atoms with Crippen LogP contribution in [-0.2, 0) is 9.59 Å². The lowest BCUT2D eigenvalue weighted by molar-refractivity contribution is -0.118. The van der Waals surface area contributed by atoms with Gasteiger partial charge in [0.05, 0.1) is 19.1 Å². The molecule has 3 aromatic rings. The Morgan fingerprint density at radius 1 is 1.23 bits per heavy atom. The number of nitrogens with one attached hydrogen (secondary N) is 2. The molecule has 1 aromatic heterocycles. The molecule has 2 aromatic carbocycles. The molecule has 31 heavy (non-hydrogen) atoms. The van der Waals surface area contributed by atoms with Gasteiger partial charge in [0, 0.05) is 10.2 Å². The molecule has 1 atom stereocenters. The van der Waals surface area contributed by atoms with Crippen molar-refractivity contribution in [3.63, 3.8) is 0 Å². The topological polar surface area (TPSA) is 107 Å². The molecule has 1 aliphatic heterocycles. The van der Waals surface area contributed by atoms with Crippen molar-refractivity contribution >= 4 is 39.4 Å². The van der Waals surface area contributed by atoms with Crippen molar-refractivity contribution in [3.05, 3.63) is 58.8 Å². The lowest BCUT2D eigenvalue weighted by Gasteiger charge is -2.24. The number of aromatic nitrogens is 3. The molecule has 0 aliphatic carbocycles. The summed E-state index contributed by atoms with van der Waals surface area (Å²) in [6.45, 7) is 2.11. The fourth-order valence-corrected chi connectivity index (χ4v) is 3.52. The molecule has 160 valence electrons. The Hall–Kier alpha value is -3.40. The van der Waals surface area contributed by atoms with Crippen LogP contribution in [0.15, 0.2) is 53.3 Å². The van der Waals surface area contributed by atoms with Crippen LogP contribution in [-0.4, -0.2) is 39.8 Å². The maximum atomic E-state index is 12.2. The molecule has 4 rings (SSSR count). The van der Waals surface area contributed by atoms with Crippen molar-refractivity contribution in [1.82, 2.24) is 14.8 Å². The number of anilines is 2. The first kappa shape index (κ1) is 20.9.